The Kier molecular flexibility index (Phi) is 6.83. The average Bonchev–Trinajstić information content (AvgIpc) is 3.97. The summed E-state index contributed by atoms with van der Waals surface area (Å²) < 4.78 is 6.94. The van der Waals surface area contributed by atoms with E-state index in [0.717, 1.165) is 55.3 Å². The maximum atomic E-state index is 5.14. The van der Waals surface area contributed by atoms with Crippen molar-refractivity contribution >= 4 is 65.3 Å². The molecule has 12 aromatic rings. The van der Waals surface area contributed by atoms with Crippen molar-refractivity contribution in [2.24, 2.45) is 0 Å². The van der Waals surface area contributed by atoms with Gasteiger partial charge in [0.15, 0.2) is 11.6 Å². The SMILES string of the molecule is c1ccc(-c2nc(-c3ccccc3)nc(-n3c4ccccc4c4cc(-n5c6ccccc6c6c7c(ccc8ccn(-c9ccccc9)c87)ccc65)ccc43)n2)cc1. The Morgan fingerprint density at radius 3 is 1.63 bits per heavy atom. The zero-order valence-electron chi connectivity index (χ0n) is 30.7. The maximum Gasteiger partial charge on any atom is 0.238 e. The summed E-state index contributed by atoms with van der Waals surface area (Å²) in [6.45, 7) is 0. The van der Waals surface area contributed by atoms with Gasteiger partial charge in [-0.25, -0.2) is 4.98 Å². The summed E-state index contributed by atoms with van der Waals surface area (Å²) >= 11 is 0. The van der Waals surface area contributed by atoms with E-state index in [4.69, 9.17) is 15.0 Å². The van der Waals surface area contributed by atoms with Crippen molar-refractivity contribution in [1.29, 1.82) is 0 Å². The molecule has 0 amide bonds. The Morgan fingerprint density at radius 1 is 0.351 bits per heavy atom. The van der Waals surface area contributed by atoms with Gasteiger partial charge in [-0.15, -0.1) is 0 Å². The highest BCUT2D eigenvalue weighted by molar-refractivity contribution is 6.28. The first-order valence-electron chi connectivity index (χ1n) is 19.2. The van der Waals surface area contributed by atoms with Crippen LogP contribution >= 0.6 is 0 Å². The molecule has 0 aliphatic carbocycles. The summed E-state index contributed by atoms with van der Waals surface area (Å²) in [6.07, 6.45) is 2.19. The predicted molar refractivity (Wildman–Crippen MR) is 234 cm³/mol. The van der Waals surface area contributed by atoms with Gasteiger partial charge in [0.05, 0.1) is 27.6 Å². The normalized spacial score (nSPS) is 11.9. The van der Waals surface area contributed by atoms with Crippen molar-refractivity contribution in [3.05, 3.63) is 194 Å². The van der Waals surface area contributed by atoms with E-state index >= 15 is 0 Å². The molecule has 0 bridgehead atoms. The number of rotatable bonds is 5. The fraction of sp³-hybridized carbons (Fsp3) is 0. The van der Waals surface area contributed by atoms with Gasteiger partial charge >= 0.3 is 0 Å². The number of benzene rings is 8. The van der Waals surface area contributed by atoms with Crippen LogP contribution in [0.3, 0.4) is 0 Å². The lowest BCUT2D eigenvalue weighted by Crippen LogP contribution is -2.06. The molecule has 0 spiro atoms. The Bertz CT molecular complexity index is 3450. The number of aromatic nitrogens is 6. The highest BCUT2D eigenvalue weighted by Gasteiger charge is 2.21. The van der Waals surface area contributed by atoms with Gasteiger partial charge in [0, 0.05) is 61.0 Å². The fourth-order valence-corrected chi connectivity index (χ4v) is 8.79. The van der Waals surface area contributed by atoms with Gasteiger partial charge in [0.1, 0.15) is 0 Å². The van der Waals surface area contributed by atoms with Gasteiger partial charge in [0.2, 0.25) is 5.95 Å². The number of nitrogens with zero attached hydrogens (tertiary/aromatic N) is 6. The number of hydrogen-bond acceptors (Lipinski definition) is 3. The summed E-state index contributed by atoms with van der Waals surface area (Å²) in [5, 5.41) is 8.41. The van der Waals surface area contributed by atoms with Crippen molar-refractivity contribution in [3.63, 3.8) is 0 Å². The summed E-state index contributed by atoms with van der Waals surface area (Å²) in [5.74, 6) is 1.84. The highest BCUT2D eigenvalue weighted by atomic mass is 15.2. The molecule has 0 N–H and O–H groups in total. The first-order chi connectivity index (χ1) is 28.3. The Hall–Kier alpha value is -7.83. The van der Waals surface area contributed by atoms with Crippen LogP contribution in [0.15, 0.2) is 194 Å². The fourth-order valence-electron chi connectivity index (χ4n) is 8.79. The highest BCUT2D eigenvalue weighted by Crippen LogP contribution is 2.42. The smallest absolute Gasteiger partial charge is 0.238 e. The maximum absolute atomic E-state index is 5.14. The molecule has 0 fully saturated rings. The molecule has 6 nitrogen and oxygen atoms in total. The van der Waals surface area contributed by atoms with Crippen molar-refractivity contribution in [1.82, 2.24) is 28.7 Å². The minimum absolute atomic E-state index is 0.579. The molecular formula is C51H32N6. The van der Waals surface area contributed by atoms with Gasteiger partial charge < -0.3 is 9.13 Å². The van der Waals surface area contributed by atoms with Crippen molar-refractivity contribution < 1.29 is 0 Å². The molecule has 0 aliphatic rings. The second-order valence-corrected chi connectivity index (χ2v) is 14.5. The van der Waals surface area contributed by atoms with Crippen LogP contribution in [0.4, 0.5) is 0 Å². The molecule has 0 atom stereocenters. The quantitative estimate of drug-likeness (QED) is 0.177. The van der Waals surface area contributed by atoms with Crippen molar-refractivity contribution in [2.45, 2.75) is 0 Å². The number of fused-ring (bicyclic) bond motifs is 10. The molecule has 0 unspecified atom stereocenters. The second kappa shape index (κ2) is 12.3. The Labute approximate surface area is 327 Å². The van der Waals surface area contributed by atoms with Crippen LogP contribution in [-0.4, -0.2) is 28.7 Å². The van der Waals surface area contributed by atoms with Crippen molar-refractivity contribution in [2.75, 3.05) is 0 Å². The molecule has 0 saturated heterocycles. The number of hydrogen-bond donors (Lipinski definition) is 0. The third kappa shape index (κ3) is 4.81. The van der Waals surface area contributed by atoms with Crippen molar-refractivity contribution in [3.8, 4) is 40.1 Å². The molecule has 0 radical (unpaired) electrons. The van der Waals surface area contributed by atoms with E-state index in [0.29, 0.717) is 17.6 Å². The van der Waals surface area contributed by atoms with E-state index in [1.165, 1.54) is 32.4 Å². The zero-order chi connectivity index (χ0) is 37.5. The number of para-hydroxylation sites is 3. The molecule has 0 aliphatic heterocycles. The monoisotopic (exact) mass is 728 g/mol. The van der Waals surface area contributed by atoms with Gasteiger partial charge in [0.25, 0.3) is 0 Å². The molecule has 4 heterocycles. The van der Waals surface area contributed by atoms with E-state index in [1.54, 1.807) is 0 Å². The van der Waals surface area contributed by atoms with Crippen LogP contribution < -0.4 is 0 Å². The van der Waals surface area contributed by atoms with Crippen LogP contribution in [0, 0.1) is 0 Å². The van der Waals surface area contributed by atoms with Crippen LogP contribution in [0.5, 0.6) is 0 Å². The second-order valence-electron chi connectivity index (χ2n) is 14.5. The van der Waals surface area contributed by atoms with Gasteiger partial charge in [-0.2, -0.15) is 9.97 Å². The lowest BCUT2D eigenvalue weighted by atomic mass is 10.0. The molecule has 266 valence electrons. The lowest BCUT2D eigenvalue weighted by molar-refractivity contribution is 0.953. The first kappa shape index (κ1) is 31.5. The average molecular weight is 729 g/mol. The van der Waals surface area contributed by atoms with E-state index in [-0.39, 0.29) is 0 Å². The largest absolute Gasteiger partial charge is 0.316 e. The standard InChI is InChI=1S/C51H32N6/c1-4-14-35(15-5-1)49-52-50(36-16-6-2-7-17-36)54-51(53-49)57-42-22-12-10-20-39(42)41-32-38(27-29-44(41)57)56-43-23-13-11-21-40(43)47-45(56)28-26-33-24-25-34-30-31-55(48(34)46(33)47)37-18-8-3-9-19-37/h1-32H. The van der Waals surface area contributed by atoms with Crippen LogP contribution in [-0.2, 0) is 0 Å². The Balaban J connectivity index is 1.12. The van der Waals surface area contributed by atoms with E-state index < -0.39 is 0 Å². The lowest BCUT2D eigenvalue weighted by Gasteiger charge is -2.12. The third-order valence-corrected chi connectivity index (χ3v) is 11.3. The summed E-state index contributed by atoms with van der Waals surface area (Å²) in [4.78, 5) is 15.2. The molecule has 57 heavy (non-hydrogen) atoms. The molecule has 4 aromatic heterocycles. The van der Waals surface area contributed by atoms with Gasteiger partial charge in [-0.3, -0.25) is 4.57 Å². The zero-order valence-corrected chi connectivity index (χ0v) is 30.7. The molecular weight excluding hydrogens is 697 g/mol. The topological polar surface area (TPSA) is 53.5 Å². The minimum atomic E-state index is 0.579. The molecule has 8 aromatic carbocycles. The summed E-state index contributed by atoms with van der Waals surface area (Å²) in [6, 6.07) is 66.3. The van der Waals surface area contributed by atoms with E-state index in [2.05, 4.69) is 147 Å². The van der Waals surface area contributed by atoms with Gasteiger partial charge in [-0.05, 0) is 60.0 Å². The predicted octanol–water partition coefficient (Wildman–Crippen LogP) is 12.5. The van der Waals surface area contributed by atoms with Crippen LogP contribution in [0.1, 0.15) is 0 Å². The molecule has 12 rings (SSSR count). The Morgan fingerprint density at radius 2 is 0.912 bits per heavy atom. The van der Waals surface area contributed by atoms with E-state index in [9.17, 15) is 0 Å². The minimum Gasteiger partial charge on any atom is -0.316 e. The third-order valence-electron chi connectivity index (χ3n) is 11.3. The first-order valence-corrected chi connectivity index (χ1v) is 19.2. The van der Waals surface area contributed by atoms with Crippen LogP contribution in [0.2, 0.25) is 0 Å². The molecule has 6 heteroatoms. The summed E-state index contributed by atoms with van der Waals surface area (Å²) in [5.41, 5.74) is 9.71. The summed E-state index contributed by atoms with van der Waals surface area (Å²) in [7, 11) is 0. The van der Waals surface area contributed by atoms with Gasteiger partial charge in [-0.1, -0.05) is 133 Å². The molecule has 0 saturated carbocycles. The van der Waals surface area contributed by atoms with E-state index in [1.807, 2.05) is 60.7 Å². The van der Waals surface area contributed by atoms with Crippen LogP contribution in [0.25, 0.3) is 105 Å².